The first-order valence-corrected chi connectivity index (χ1v) is 19.1. The highest BCUT2D eigenvalue weighted by Crippen LogP contribution is 2.66. The molecule has 4 heteroatoms. The van der Waals surface area contributed by atoms with Gasteiger partial charge in [0.25, 0.3) is 0 Å². The molecule has 0 aliphatic heterocycles. The van der Waals surface area contributed by atoms with E-state index in [2.05, 4.69) is 49.1 Å². The molecular weight excluding hydrogens is 607 g/mol. The third-order valence-corrected chi connectivity index (χ3v) is 15.0. The molecule has 4 aromatic rings. The van der Waals surface area contributed by atoms with Gasteiger partial charge in [0.05, 0.1) is 0 Å². The predicted octanol–water partition coefficient (Wildman–Crippen LogP) is 8.01. The van der Waals surface area contributed by atoms with Crippen molar-refractivity contribution in [1.82, 2.24) is 0 Å². The van der Waals surface area contributed by atoms with E-state index in [9.17, 15) is 9.90 Å². The summed E-state index contributed by atoms with van der Waals surface area (Å²) in [4.78, 5) is 12.6. The topological polar surface area (TPSA) is 54.4 Å². The Hall–Kier alpha value is -4.22. The number of allylic oxidation sites excluding steroid dienone is 4. The van der Waals surface area contributed by atoms with E-state index in [1.807, 2.05) is 91.0 Å². The van der Waals surface area contributed by atoms with Crippen LogP contribution in [0.5, 0.6) is 0 Å². The Labute approximate surface area is 284 Å². The number of carbonyl (C=O) groups is 1. The molecule has 0 unspecified atom stereocenters. The van der Waals surface area contributed by atoms with Crippen LogP contribution in [-0.2, 0) is 9.36 Å². The Bertz CT molecular complexity index is 1990. The van der Waals surface area contributed by atoms with Crippen molar-refractivity contribution >= 4 is 28.8 Å². The number of fused-ring (bicyclic) bond motifs is 4. The summed E-state index contributed by atoms with van der Waals surface area (Å²) >= 11 is 0. The van der Waals surface area contributed by atoms with Gasteiger partial charge in [-0.3, -0.25) is 4.79 Å². The second-order valence-corrected chi connectivity index (χ2v) is 17.2. The molecule has 0 spiro atoms. The lowest BCUT2D eigenvalue weighted by Gasteiger charge is -2.53. The second-order valence-electron chi connectivity index (χ2n) is 14.4. The van der Waals surface area contributed by atoms with Gasteiger partial charge in [-0.1, -0.05) is 134 Å². The highest BCUT2D eigenvalue weighted by atomic mass is 31.2. The Balaban J connectivity index is 1.23. The summed E-state index contributed by atoms with van der Waals surface area (Å²) in [6, 6.07) is 38.1. The van der Waals surface area contributed by atoms with Crippen LogP contribution in [0.15, 0.2) is 138 Å². The fraction of sp³-hybridized carbons (Fsp3) is 0.295. The molecule has 4 aliphatic carbocycles. The minimum Gasteiger partial charge on any atom is -0.377 e. The highest BCUT2D eigenvalue weighted by Gasteiger charge is 2.62. The van der Waals surface area contributed by atoms with Crippen molar-refractivity contribution in [3.05, 3.63) is 149 Å². The van der Waals surface area contributed by atoms with Gasteiger partial charge in [-0.25, -0.2) is 0 Å². The van der Waals surface area contributed by atoms with E-state index in [-0.39, 0.29) is 5.92 Å². The molecule has 0 heterocycles. The summed E-state index contributed by atoms with van der Waals surface area (Å²) in [6.45, 7) is 2.27. The number of benzene rings is 4. The van der Waals surface area contributed by atoms with E-state index >= 15 is 4.57 Å². The molecule has 3 nitrogen and oxygen atoms in total. The van der Waals surface area contributed by atoms with Crippen LogP contribution in [0.3, 0.4) is 0 Å². The van der Waals surface area contributed by atoms with Gasteiger partial charge in [-0.15, -0.1) is 0 Å². The van der Waals surface area contributed by atoms with Crippen LogP contribution < -0.4 is 15.9 Å². The van der Waals surface area contributed by atoms with Crippen molar-refractivity contribution in [3.8, 4) is 11.8 Å². The molecule has 3 saturated carbocycles. The number of hydrogen-bond acceptors (Lipinski definition) is 3. The molecule has 0 aromatic heterocycles. The van der Waals surface area contributed by atoms with Crippen molar-refractivity contribution in [3.63, 3.8) is 0 Å². The molecule has 8 rings (SSSR count). The average Bonchev–Trinajstić information content (AvgIpc) is 3.40. The summed E-state index contributed by atoms with van der Waals surface area (Å²) in [5, 5.41) is 14.9. The van der Waals surface area contributed by atoms with Crippen LogP contribution in [0.25, 0.3) is 0 Å². The molecule has 3 fully saturated rings. The van der Waals surface area contributed by atoms with Crippen molar-refractivity contribution in [1.29, 1.82) is 0 Å². The standard InChI is InChI=1S/C44H41O3P/c1-43-30-40(32-17-21-37(22-18-32)48(47,35-13-7-3-8-14-35)36-15-9-4-10-16-36)42-38-24-20-34(45)29-33(38)19-23-39(42)41(43)26-28-44(43,46)27-25-31-11-5-2-6-12-31/h2-19,21-22,39-41,46H,20,23-24,26,28-30H2,1H3/t39-,40+,41-,43-,44-/m0/s1. The summed E-state index contributed by atoms with van der Waals surface area (Å²) < 4.78 is 15.1. The lowest BCUT2D eigenvalue weighted by Crippen LogP contribution is -2.50. The summed E-state index contributed by atoms with van der Waals surface area (Å²) in [7, 11) is -3.10. The van der Waals surface area contributed by atoms with Crippen molar-refractivity contribution < 1.29 is 14.5 Å². The van der Waals surface area contributed by atoms with Crippen LogP contribution in [0.2, 0.25) is 0 Å². The molecule has 4 aliphatic rings. The molecular formula is C44H41O3P. The number of ketones is 1. The van der Waals surface area contributed by atoms with Gasteiger partial charge in [0.15, 0.2) is 7.14 Å². The maximum atomic E-state index is 15.1. The first kappa shape index (κ1) is 31.1. The molecule has 0 radical (unpaired) electrons. The average molecular weight is 649 g/mol. The molecule has 240 valence electrons. The van der Waals surface area contributed by atoms with E-state index in [1.165, 1.54) is 22.3 Å². The summed E-state index contributed by atoms with van der Waals surface area (Å²) in [5.74, 6) is 7.73. The number of carbonyl (C=O) groups excluding carboxylic acids is 1. The first-order valence-electron chi connectivity index (χ1n) is 17.4. The van der Waals surface area contributed by atoms with Crippen molar-refractivity contribution in [2.45, 2.75) is 63.4 Å². The third-order valence-electron chi connectivity index (χ3n) is 12.0. The van der Waals surface area contributed by atoms with E-state index < -0.39 is 18.2 Å². The molecule has 4 aromatic carbocycles. The van der Waals surface area contributed by atoms with Crippen LogP contribution in [0, 0.1) is 29.1 Å². The van der Waals surface area contributed by atoms with Gasteiger partial charge in [0.1, 0.15) is 11.4 Å². The van der Waals surface area contributed by atoms with Crippen LogP contribution >= 0.6 is 7.14 Å². The molecule has 0 saturated heterocycles. The van der Waals surface area contributed by atoms with E-state index in [0.717, 1.165) is 47.2 Å². The van der Waals surface area contributed by atoms with E-state index in [0.29, 0.717) is 36.9 Å². The van der Waals surface area contributed by atoms with Gasteiger partial charge in [-0.2, -0.15) is 0 Å². The normalized spacial score (nSPS) is 28.0. The summed E-state index contributed by atoms with van der Waals surface area (Å²) in [6.07, 6.45) is 7.52. The van der Waals surface area contributed by atoms with Gasteiger partial charge < -0.3 is 9.67 Å². The quantitative estimate of drug-likeness (QED) is 0.180. The molecule has 5 atom stereocenters. The van der Waals surface area contributed by atoms with Crippen LogP contribution in [-0.4, -0.2) is 16.5 Å². The maximum Gasteiger partial charge on any atom is 0.171 e. The maximum absolute atomic E-state index is 15.1. The number of hydrogen-bond donors (Lipinski definition) is 1. The first-order chi connectivity index (χ1) is 23.3. The molecule has 1 N–H and O–H groups in total. The fourth-order valence-corrected chi connectivity index (χ4v) is 12.1. The predicted molar refractivity (Wildman–Crippen MR) is 194 cm³/mol. The van der Waals surface area contributed by atoms with Gasteiger partial charge in [0.2, 0.25) is 0 Å². The zero-order valence-electron chi connectivity index (χ0n) is 27.4. The lowest BCUT2D eigenvalue weighted by molar-refractivity contribution is -0.118. The van der Waals surface area contributed by atoms with E-state index in [4.69, 9.17) is 0 Å². The number of rotatable bonds is 4. The minimum atomic E-state index is -3.10. The number of aliphatic hydroxyl groups is 1. The zero-order chi connectivity index (χ0) is 32.9. The number of Topliss-reactive ketones (excluding diaryl/α,β-unsaturated/α-hetero) is 1. The minimum absolute atomic E-state index is 0.0770. The lowest BCUT2D eigenvalue weighted by atomic mass is 9.51. The monoisotopic (exact) mass is 648 g/mol. The fourth-order valence-electron chi connectivity index (χ4n) is 9.44. The van der Waals surface area contributed by atoms with Crippen LogP contribution in [0.4, 0.5) is 0 Å². The molecule has 0 amide bonds. The Kier molecular flexibility index (Phi) is 7.79. The molecule has 0 bridgehead atoms. The summed E-state index contributed by atoms with van der Waals surface area (Å²) in [5.41, 5.74) is 4.66. The SMILES string of the molecule is C[C@]12C[C@H](c3ccc(P(=O)(c4ccccc4)c4ccccc4)cc3)C3=C4CCC(=O)CC4=CC[C@H]3[C@@H]1CC[C@@]2(O)C#Cc1ccccc1. The van der Waals surface area contributed by atoms with Gasteiger partial charge in [-0.05, 0) is 72.8 Å². The molecule has 48 heavy (non-hydrogen) atoms. The zero-order valence-corrected chi connectivity index (χ0v) is 28.3. The second kappa shape index (κ2) is 12.0. The van der Waals surface area contributed by atoms with Crippen LogP contribution in [0.1, 0.15) is 68.9 Å². The smallest absolute Gasteiger partial charge is 0.171 e. The van der Waals surface area contributed by atoms with Crippen molar-refractivity contribution in [2.75, 3.05) is 0 Å². The van der Waals surface area contributed by atoms with E-state index in [1.54, 1.807) is 0 Å². The van der Waals surface area contributed by atoms with Crippen molar-refractivity contribution in [2.24, 2.45) is 17.3 Å². The Morgan fingerprint density at radius 2 is 1.40 bits per heavy atom. The largest absolute Gasteiger partial charge is 0.377 e. The Morgan fingerprint density at radius 3 is 2.04 bits per heavy atom. The van der Waals surface area contributed by atoms with Gasteiger partial charge >= 0.3 is 0 Å². The van der Waals surface area contributed by atoms with Gasteiger partial charge in [0, 0.05) is 45.7 Å². The highest BCUT2D eigenvalue weighted by molar-refractivity contribution is 7.85. The Morgan fingerprint density at radius 1 is 0.792 bits per heavy atom. The third kappa shape index (κ3) is 5.01.